The van der Waals surface area contributed by atoms with Crippen LogP contribution in [-0.2, 0) is 12.6 Å². The van der Waals surface area contributed by atoms with Crippen LogP contribution in [0.25, 0.3) is 16.9 Å². The van der Waals surface area contributed by atoms with Gasteiger partial charge in [-0.2, -0.15) is 13.2 Å². The number of benzene rings is 2. The highest BCUT2D eigenvalue weighted by molar-refractivity contribution is 5.99. The van der Waals surface area contributed by atoms with Gasteiger partial charge in [-0.3, -0.25) is 4.57 Å². The number of urea groups is 1. The third-order valence-electron chi connectivity index (χ3n) is 6.34. The summed E-state index contributed by atoms with van der Waals surface area (Å²) in [6.45, 7) is 2.05. The molecular formula is C27H32F3N9O. The molecule has 0 bridgehead atoms. The van der Waals surface area contributed by atoms with E-state index in [9.17, 15) is 18.0 Å². The second-order valence-electron chi connectivity index (χ2n) is 9.61. The molecule has 0 aliphatic rings. The van der Waals surface area contributed by atoms with E-state index in [0.717, 1.165) is 24.8 Å². The minimum absolute atomic E-state index is 0.0519. The van der Waals surface area contributed by atoms with Crippen LogP contribution in [0, 0.1) is 0 Å². The topological polar surface area (TPSA) is 103 Å². The van der Waals surface area contributed by atoms with Crippen LogP contribution in [0.1, 0.15) is 11.1 Å². The van der Waals surface area contributed by atoms with Gasteiger partial charge in [-0.25, -0.2) is 19.7 Å². The normalized spacial score (nSPS) is 11.8. The Morgan fingerprint density at radius 1 is 0.925 bits per heavy atom. The predicted octanol–water partition coefficient (Wildman–Crippen LogP) is 4.56. The van der Waals surface area contributed by atoms with E-state index in [4.69, 9.17) is 0 Å². The molecule has 0 aliphatic heterocycles. The van der Waals surface area contributed by atoms with Gasteiger partial charge in [0.2, 0.25) is 0 Å². The molecule has 0 spiro atoms. The molecule has 10 nitrogen and oxygen atoms in total. The molecule has 0 fully saturated rings. The van der Waals surface area contributed by atoms with Gasteiger partial charge in [0.1, 0.15) is 12.7 Å². The number of nitrogens with zero attached hydrogens (tertiary/aromatic N) is 6. The average molecular weight is 556 g/mol. The van der Waals surface area contributed by atoms with Crippen molar-refractivity contribution in [2.45, 2.75) is 12.6 Å². The lowest BCUT2D eigenvalue weighted by Crippen LogP contribution is -2.30. The average Bonchev–Trinajstić information content (AvgIpc) is 3.35. The zero-order valence-electron chi connectivity index (χ0n) is 22.8. The number of nitrogens with one attached hydrogen (secondary N) is 3. The Labute approximate surface area is 230 Å². The fourth-order valence-corrected chi connectivity index (χ4v) is 4.14. The summed E-state index contributed by atoms with van der Waals surface area (Å²) < 4.78 is 43.2. The van der Waals surface area contributed by atoms with Crippen LogP contribution in [0.5, 0.6) is 0 Å². The van der Waals surface area contributed by atoms with Gasteiger partial charge in [0, 0.05) is 43.7 Å². The molecule has 13 heteroatoms. The summed E-state index contributed by atoms with van der Waals surface area (Å²) in [4.78, 5) is 29.4. The van der Waals surface area contributed by atoms with Gasteiger partial charge in [-0.15, -0.1) is 0 Å². The zero-order chi connectivity index (χ0) is 28.9. The lowest BCUT2D eigenvalue weighted by molar-refractivity contribution is -0.138. The van der Waals surface area contributed by atoms with E-state index >= 15 is 0 Å². The Hall–Kier alpha value is -4.23. The second-order valence-corrected chi connectivity index (χ2v) is 9.61. The zero-order valence-corrected chi connectivity index (χ0v) is 22.8. The van der Waals surface area contributed by atoms with Crippen molar-refractivity contribution in [3.05, 3.63) is 66.2 Å². The number of hydrogen-bond acceptors (Lipinski definition) is 7. The lowest BCUT2D eigenvalue weighted by Gasteiger charge is -2.21. The molecule has 4 rings (SSSR count). The number of anilines is 3. The quantitative estimate of drug-likeness (QED) is 0.264. The molecule has 0 atom stereocenters. The van der Waals surface area contributed by atoms with Gasteiger partial charge in [0.05, 0.1) is 5.56 Å². The van der Waals surface area contributed by atoms with Crippen LogP contribution in [0.3, 0.4) is 0 Å². The monoisotopic (exact) mass is 555 g/mol. The minimum atomic E-state index is -4.54. The molecule has 4 aromatic rings. The first kappa shape index (κ1) is 28.8. The summed E-state index contributed by atoms with van der Waals surface area (Å²) in [5, 5.41) is 8.13. The van der Waals surface area contributed by atoms with Crippen LogP contribution in [-0.4, -0.2) is 83.2 Å². The summed E-state index contributed by atoms with van der Waals surface area (Å²) in [5.74, 6) is 0.604. The summed E-state index contributed by atoms with van der Waals surface area (Å²) in [5.41, 5.74) is 1.93. The fraction of sp³-hybridized carbons (Fsp3) is 0.333. The minimum Gasteiger partial charge on any atom is -0.371 e. The van der Waals surface area contributed by atoms with E-state index in [1.54, 1.807) is 42.2 Å². The Morgan fingerprint density at radius 3 is 2.30 bits per heavy atom. The number of likely N-dealkylation sites (N-methyl/N-ethyl adjacent to an activating group) is 2. The highest BCUT2D eigenvalue weighted by Gasteiger charge is 2.33. The molecule has 0 saturated heterocycles. The van der Waals surface area contributed by atoms with Gasteiger partial charge < -0.3 is 25.8 Å². The molecule has 3 N–H and O–H groups in total. The van der Waals surface area contributed by atoms with Crippen molar-refractivity contribution in [3.8, 4) is 5.69 Å². The van der Waals surface area contributed by atoms with E-state index in [-0.39, 0.29) is 17.7 Å². The lowest BCUT2D eigenvalue weighted by atomic mass is 10.0. The number of halogens is 3. The Morgan fingerprint density at radius 2 is 1.62 bits per heavy atom. The first-order chi connectivity index (χ1) is 19.0. The van der Waals surface area contributed by atoms with E-state index in [0.29, 0.717) is 29.2 Å². The van der Waals surface area contributed by atoms with Crippen LogP contribution in [0.15, 0.2) is 55.1 Å². The largest absolute Gasteiger partial charge is 0.416 e. The second kappa shape index (κ2) is 12.3. The first-order valence-corrected chi connectivity index (χ1v) is 12.6. The molecule has 40 heavy (non-hydrogen) atoms. The summed E-state index contributed by atoms with van der Waals surface area (Å²) in [7, 11) is 7.53. The molecule has 2 aromatic heterocycles. The van der Waals surface area contributed by atoms with Crippen LogP contribution in [0.2, 0.25) is 0 Å². The maximum absolute atomic E-state index is 13.8. The molecule has 0 saturated carbocycles. The molecule has 0 aliphatic carbocycles. The highest BCUT2D eigenvalue weighted by Crippen LogP contribution is 2.34. The Kier molecular flexibility index (Phi) is 8.85. The number of rotatable bonds is 10. The molecular weight excluding hydrogens is 523 g/mol. The highest BCUT2D eigenvalue weighted by atomic mass is 19.4. The van der Waals surface area contributed by atoms with Gasteiger partial charge in [-0.1, -0.05) is 6.07 Å². The van der Waals surface area contributed by atoms with E-state index in [2.05, 4.69) is 30.9 Å². The van der Waals surface area contributed by atoms with Crippen molar-refractivity contribution in [2.75, 3.05) is 63.8 Å². The smallest absolute Gasteiger partial charge is 0.371 e. The van der Waals surface area contributed by atoms with E-state index < -0.39 is 17.8 Å². The number of fused-ring (bicyclic) bond motifs is 1. The summed E-state index contributed by atoms with van der Waals surface area (Å²) in [6, 6.07) is 10.1. The maximum Gasteiger partial charge on any atom is 0.416 e. The number of carbonyl (C=O) groups is 1. The molecule has 2 amide bonds. The molecule has 2 aromatic carbocycles. The molecule has 212 valence electrons. The van der Waals surface area contributed by atoms with Crippen molar-refractivity contribution in [3.63, 3.8) is 0 Å². The van der Waals surface area contributed by atoms with Crippen molar-refractivity contribution in [1.29, 1.82) is 0 Å². The van der Waals surface area contributed by atoms with Gasteiger partial charge in [0.15, 0.2) is 17.0 Å². The number of imidazole rings is 1. The third-order valence-corrected chi connectivity index (χ3v) is 6.34. The van der Waals surface area contributed by atoms with Crippen molar-refractivity contribution >= 4 is 34.4 Å². The first-order valence-electron chi connectivity index (χ1n) is 12.6. The number of hydrogen-bond donors (Lipinski definition) is 3. The van der Waals surface area contributed by atoms with E-state index in [1.807, 2.05) is 30.9 Å². The third kappa shape index (κ3) is 7.04. The van der Waals surface area contributed by atoms with Crippen LogP contribution < -0.4 is 16.0 Å². The van der Waals surface area contributed by atoms with Gasteiger partial charge in [0.25, 0.3) is 0 Å². The number of alkyl halides is 3. The van der Waals surface area contributed by atoms with Gasteiger partial charge >= 0.3 is 12.2 Å². The fourth-order valence-electron chi connectivity index (χ4n) is 4.14. The number of amides is 2. The summed E-state index contributed by atoms with van der Waals surface area (Å²) >= 11 is 0. The van der Waals surface area contributed by atoms with Crippen LogP contribution >= 0.6 is 0 Å². The number of carbonyl (C=O) groups excluding carboxylic acids is 1. The SMILES string of the molecule is CNc1ncnc2c1ncn2-c1ccc(NC(=O)Nc2ccc(CCN(C)CCN(C)C)c(C(F)(F)F)c2)cc1. The van der Waals surface area contributed by atoms with E-state index in [1.165, 1.54) is 18.5 Å². The molecule has 0 radical (unpaired) electrons. The maximum atomic E-state index is 13.8. The standard InChI is InChI=1S/C27H32F3N9O/c1-31-24-23-25(33-16-32-24)39(17-34-23)21-9-7-19(8-10-21)35-26(40)36-20-6-5-18(22(15-20)27(28,29)30)11-12-38(4)14-13-37(2)3/h5-10,15-17H,11-14H2,1-4H3,(H,31,32,33)(H2,35,36,40). The number of aromatic nitrogens is 4. The van der Waals surface area contributed by atoms with Crippen LogP contribution in [0.4, 0.5) is 35.2 Å². The van der Waals surface area contributed by atoms with Crippen molar-refractivity contribution in [1.82, 2.24) is 29.3 Å². The van der Waals surface area contributed by atoms with Gasteiger partial charge in [-0.05, 0) is 69.5 Å². The van der Waals surface area contributed by atoms with Crippen molar-refractivity contribution < 1.29 is 18.0 Å². The summed E-state index contributed by atoms with van der Waals surface area (Å²) in [6.07, 6.45) is -1.24. The Bertz CT molecular complexity index is 1450. The van der Waals surface area contributed by atoms with Crippen molar-refractivity contribution in [2.24, 2.45) is 0 Å². The Balaban J connectivity index is 1.41. The molecule has 0 unspecified atom stereocenters. The molecule has 2 heterocycles. The predicted molar refractivity (Wildman–Crippen MR) is 150 cm³/mol.